The predicted molar refractivity (Wildman–Crippen MR) is 77.1 cm³/mol. The van der Waals surface area contributed by atoms with Crippen molar-refractivity contribution >= 4 is 0 Å². The smallest absolute Gasteiger partial charge is 0.208 e. The molecule has 1 N–H and O–H groups in total. The SMILES string of the molecule is Cc1nc(CNC2CCN(CC(C)C)CC2)oc1C. The standard InChI is InChI=1S/C15H27N3O/c1-11(2)10-18-7-5-14(6-8-18)16-9-15-17-12(3)13(4)19-15/h11,14,16H,5-10H2,1-4H3. The summed E-state index contributed by atoms with van der Waals surface area (Å²) in [6.07, 6.45) is 2.46. The first-order valence-corrected chi connectivity index (χ1v) is 7.43. The maximum atomic E-state index is 5.60. The van der Waals surface area contributed by atoms with Crippen LogP contribution in [-0.2, 0) is 6.54 Å². The number of aromatic nitrogens is 1. The van der Waals surface area contributed by atoms with E-state index in [2.05, 4.69) is 29.0 Å². The Morgan fingerprint density at radius 1 is 1.32 bits per heavy atom. The fourth-order valence-corrected chi connectivity index (χ4v) is 2.68. The van der Waals surface area contributed by atoms with E-state index in [9.17, 15) is 0 Å². The van der Waals surface area contributed by atoms with E-state index in [1.165, 1.54) is 32.5 Å². The molecular formula is C15H27N3O. The van der Waals surface area contributed by atoms with Gasteiger partial charge in [0.05, 0.1) is 12.2 Å². The lowest BCUT2D eigenvalue weighted by molar-refractivity contribution is 0.178. The van der Waals surface area contributed by atoms with Crippen molar-refractivity contribution in [2.24, 2.45) is 5.92 Å². The topological polar surface area (TPSA) is 41.3 Å². The van der Waals surface area contributed by atoms with Crippen LogP contribution in [0.15, 0.2) is 4.42 Å². The number of hydrogen-bond acceptors (Lipinski definition) is 4. The van der Waals surface area contributed by atoms with Gasteiger partial charge in [0.1, 0.15) is 5.76 Å². The summed E-state index contributed by atoms with van der Waals surface area (Å²) in [4.78, 5) is 6.98. The number of nitrogens with zero attached hydrogens (tertiary/aromatic N) is 2. The summed E-state index contributed by atoms with van der Waals surface area (Å²) in [6, 6.07) is 0.607. The average Bonchev–Trinajstić information content (AvgIpc) is 2.67. The van der Waals surface area contributed by atoms with E-state index in [4.69, 9.17) is 4.42 Å². The highest BCUT2D eigenvalue weighted by Gasteiger charge is 2.19. The Hall–Kier alpha value is -0.870. The van der Waals surface area contributed by atoms with Crippen molar-refractivity contribution in [3.8, 4) is 0 Å². The van der Waals surface area contributed by atoms with Crippen molar-refractivity contribution < 1.29 is 4.42 Å². The average molecular weight is 265 g/mol. The molecule has 2 heterocycles. The molecular weight excluding hydrogens is 238 g/mol. The first-order valence-electron chi connectivity index (χ1n) is 7.43. The maximum Gasteiger partial charge on any atom is 0.208 e. The molecule has 1 fully saturated rings. The summed E-state index contributed by atoms with van der Waals surface area (Å²) in [6.45, 7) is 12.9. The summed E-state index contributed by atoms with van der Waals surface area (Å²) in [5.74, 6) is 2.52. The summed E-state index contributed by atoms with van der Waals surface area (Å²) in [7, 11) is 0. The zero-order valence-electron chi connectivity index (χ0n) is 12.7. The van der Waals surface area contributed by atoms with Crippen molar-refractivity contribution in [3.05, 3.63) is 17.3 Å². The molecule has 0 unspecified atom stereocenters. The van der Waals surface area contributed by atoms with Crippen molar-refractivity contribution in [2.75, 3.05) is 19.6 Å². The van der Waals surface area contributed by atoms with Crippen molar-refractivity contribution in [1.29, 1.82) is 0 Å². The van der Waals surface area contributed by atoms with Gasteiger partial charge in [0.25, 0.3) is 0 Å². The molecule has 0 spiro atoms. The Labute approximate surface area is 116 Å². The number of oxazole rings is 1. The number of hydrogen-bond donors (Lipinski definition) is 1. The fourth-order valence-electron chi connectivity index (χ4n) is 2.68. The van der Waals surface area contributed by atoms with Gasteiger partial charge in [-0.2, -0.15) is 0 Å². The van der Waals surface area contributed by atoms with Crippen LogP contribution in [0.25, 0.3) is 0 Å². The highest BCUT2D eigenvalue weighted by atomic mass is 16.4. The summed E-state index contributed by atoms with van der Waals surface area (Å²) in [5.41, 5.74) is 1.00. The molecule has 0 radical (unpaired) electrons. The van der Waals surface area contributed by atoms with E-state index in [0.29, 0.717) is 6.04 Å². The van der Waals surface area contributed by atoms with E-state index in [1.807, 2.05) is 13.8 Å². The maximum absolute atomic E-state index is 5.60. The summed E-state index contributed by atoms with van der Waals surface area (Å²) < 4.78 is 5.60. The lowest BCUT2D eigenvalue weighted by Crippen LogP contribution is -2.43. The summed E-state index contributed by atoms with van der Waals surface area (Å²) in [5, 5.41) is 3.57. The third kappa shape index (κ3) is 4.32. The van der Waals surface area contributed by atoms with Crippen LogP contribution in [0.5, 0.6) is 0 Å². The van der Waals surface area contributed by atoms with Gasteiger partial charge in [-0.3, -0.25) is 0 Å². The second-order valence-corrected chi connectivity index (χ2v) is 6.10. The van der Waals surface area contributed by atoms with Gasteiger partial charge in [-0.15, -0.1) is 0 Å². The minimum atomic E-state index is 0.607. The van der Waals surface area contributed by atoms with Crippen LogP contribution in [0, 0.1) is 19.8 Å². The second kappa shape index (κ2) is 6.53. The zero-order valence-corrected chi connectivity index (χ0v) is 12.7. The van der Waals surface area contributed by atoms with E-state index >= 15 is 0 Å². The van der Waals surface area contributed by atoms with Crippen molar-refractivity contribution in [2.45, 2.75) is 53.1 Å². The molecule has 19 heavy (non-hydrogen) atoms. The quantitative estimate of drug-likeness (QED) is 0.888. The monoisotopic (exact) mass is 265 g/mol. The first-order chi connectivity index (χ1) is 9.04. The van der Waals surface area contributed by atoms with Crippen LogP contribution in [0.1, 0.15) is 44.0 Å². The molecule has 0 amide bonds. The Morgan fingerprint density at radius 2 is 2.00 bits per heavy atom. The van der Waals surface area contributed by atoms with E-state index in [-0.39, 0.29) is 0 Å². The zero-order chi connectivity index (χ0) is 13.8. The minimum Gasteiger partial charge on any atom is -0.444 e. The van der Waals surface area contributed by atoms with Crippen LogP contribution in [0.4, 0.5) is 0 Å². The van der Waals surface area contributed by atoms with Crippen LogP contribution in [-0.4, -0.2) is 35.6 Å². The van der Waals surface area contributed by atoms with Crippen LogP contribution in [0.2, 0.25) is 0 Å². The molecule has 0 saturated carbocycles. The molecule has 108 valence electrons. The number of likely N-dealkylation sites (tertiary alicyclic amines) is 1. The molecule has 4 heteroatoms. The van der Waals surface area contributed by atoms with Gasteiger partial charge >= 0.3 is 0 Å². The predicted octanol–water partition coefficient (Wildman–Crippen LogP) is 2.50. The van der Waals surface area contributed by atoms with Crippen LogP contribution in [0.3, 0.4) is 0 Å². The second-order valence-electron chi connectivity index (χ2n) is 6.10. The molecule has 1 aliphatic heterocycles. The van der Waals surface area contributed by atoms with Gasteiger partial charge in [0, 0.05) is 12.6 Å². The van der Waals surface area contributed by atoms with Gasteiger partial charge in [0.2, 0.25) is 5.89 Å². The Bertz CT molecular complexity index is 373. The van der Waals surface area contributed by atoms with E-state index in [1.54, 1.807) is 0 Å². The number of nitrogens with one attached hydrogen (secondary N) is 1. The summed E-state index contributed by atoms with van der Waals surface area (Å²) >= 11 is 0. The number of piperidine rings is 1. The van der Waals surface area contributed by atoms with Crippen LogP contribution < -0.4 is 5.32 Å². The Kier molecular flexibility index (Phi) is 4.99. The third-order valence-corrected chi connectivity index (χ3v) is 3.83. The molecule has 0 aliphatic carbocycles. The van der Waals surface area contributed by atoms with E-state index in [0.717, 1.165) is 29.8 Å². The third-order valence-electron chi connectivity index (χ3n) is 3.83. The molecule has 1 saturated heterocycles. The van der Waals surface area contributed by atoms with Gasteiger partial charge in [-0.1, -0.05) is 13.8 Å². The molecule has 0 bridgehead atoms. The van der Waals surface area contributed by atoms with Gasteiger partial charge < -0.3 is 14.6 Å². The normalized spacial score (nSPS) is 18.4. The lowest BCUT2D eigenvalue weighted by Gasteiger charge is -2.33. The molecule has 0 atom stereocenters. The molecule has 1 aliphatic rings. The molecule has 0 aromatic carbocycles. The molecule has 2 rings (SSSR count). The van der Waals surface area contributed by atoms with Crippen LogP contribution >= 0.6 is 0 Å². The molecule has 4 nitrogen and oxygen atoms in total. The fraction of sp³-hybridized carbons (Fsp3) is 0.800. The van der Waals surface area contributed by atoms with Crippen molar-refractivity contribution in [1.82, 2.24) is 15.2 Å². The van der Waals surface area contributed by atoms with E-state index < -0.39 is 0 Å². The van der Waals surface area contributed by atoms with Gasteiger partial charge in [-0.25, -0.2) is 4.98 Å². The van der Waals surface area contributed by atoms with Crippen molar-refractivity contribution in [3.63, 3.8) is 0 Å². The Morgan fingerprint density at radius 3 is 2.53 bits per heavy atom. The lowest BCUT2D eigenvalue weighted by atomic mass is 10.0. The van der Waals surface area contributed by atoms with Gasteiger partial charge in [-0.05, 0) is 45.7 Å². The molecule has 1 aromatic heterocycles. The molecule has 1 aromatic rings. The first kappa shape index (κ1) is 14.5. The highest BCUT2D eigenvalue weighted by Crippen LogP contribution is 2.13. The largest absolute Gasteiger partial charge is 0.444 e. The minimum absolute atomic E-state index is 0.607. The number of aryl methyl sites for hydroxylation is 2. The van der Waals surface area contributed by atoms with Gasteiger partial charge in [0.15, 0.2) is 0 Å². The Balaban J connectivity index is 1.71. The number of rotatable bonds is 5. The highest BCUT2D eigenvalue weighted by molar-refractivity contribution is 5.05.